The summed E-state index contributed by atoms with van der Waals surface area (Å²) in [7, 11) is 0. The van der Waals surface area contributed by atoms with Gasteiger partial charge in [-0.25, -0.2) is 4.39 Å². The third-order valence-electron chi connectivity index (χ3n) is 2.12. The summed E-state index contributed by atoms with van der Waals surface area (Å²) in [5.74, 6) is -0.238. The van der Waals surface area contributed by atoms with Crippen molar-refractivity contribution >= 4 is 39.7 Å². The van der Waals surface area contributed by atoms with Crippen molar-refractivity contribution in [3.05, 3.63) is 51.9 Å². The summed E-state index contributed by atoms with van der Waals surface area (Å²) in [6.45, 7) is 0. The van der Waals surface area contributed by atoms with Crippen LogP contribution in [0.2, 0.25) is 0 Å². The summed E-state index contributed by atoms with van der Waals surface area (Å²) in [6.07, 6.45) is 0. The average Bonchev–Trinajstić information content (AvgIpc) is 2.25. The van der Waals surface area contributed by atoms with Crippen LogP contribution in [0.3, 0.4) is 0 Å². The minimum Gasteiger partial charge on any atom is -0.399 e. The van der Waals surface area contributed by atoms with Gasteiger partial charge in [-0.15, -0.1) is 0 Å². The lowest BCUT2D eigenvalue weighted by Gasteiger charge is -2.09. The van der Waals surface area contributed by atoms with E-state index in [1.165, 1.54) is 12.1 Å². The number of hydrogen-bond donors (Lipinski definition) is 2. The highest BCUT2D eigenvalue weighted by Gasteiger charge is 2.00. The van der Waals surface area contributed by atoms with E-state index in [0.717, 1.165) is 20.6 Å². The first-order valence-corrected chi connectivity index (χ1v) is 5.80. The number of nitrogens with one attached hydrogen (secondary N) is 1. The number of benzene rings is 2. The van der Waals surface area contributed by atoms with Crippen LogP contribution in [-0.4, -0.2) is 0 Å². The molecule has 0 amide bonds. The molecule has 0 atom stereocenters. The van der Waals surface area contributed by atoms with Gasteiger partial charge < -0.3 is 11.1 Å². The Labute approximate surface area is 107 Å². The third kappa shape index (κ3) is 2.63. The molecule has 0 unspecified atom stereocenters. The second-order valence-electron chi connectivity index (χ2n) is 3.37. The van der Waals surface area contributed by atoms with E-state index in [-0.39, 0.29) is 5.82 Å². The molecule has 0 aliphatic rings. The van der Waals surface area contributed by atoms with Gasteiger partial charge in [0.05, 0.1) is 5.69 Å². The van der Waals surface area contributed by atoms with Crippen LogP contribution in [0.5, 0.6) is 0 Å². The van der Waals surface area contributed by atoms with E-state index in [1.54, 1.807) is 12.1 Å². The van der Waals surface area contributed by atoms with Crippen molar-refractivity contribution in [2.75, 3.05) is 11.1 Å². The van der Waals surface area contributed by atoms with Gasteiger partial charge in [0.1, 0.15) is 5.82 Å². The molecule has 0 saturated heterocycles. The van der Waals surface area contributed by atoms with Gasteiger partial charge in [-0.05, 0) is 65.1 Å². The van der Waals surface area contributed by atoms with Gasteiger partial charge >= 0.3 is 0 Å². The Balaban J connectivity index is 2.23. The minimum absolute atomic E-state index is 0.238. The van der Waals surface area contributed by atoms with E-state index in [9.17, 15) is 4.39 Å². The zero-order valence-corrected chi connectivity index (χ0v) is 10.5. The SMILES string of the molecule is Nc1ccc(Nc2ccc(F)cc2)c(I)c1. The lowest BCUT2D eigenvalue weighted by atomic mass is 10.2. The molecule has 0 fully saturated rings. The fraction of sp³-hybridized carbons (Fsp3) is 0. The van der Waals surface area contributed by atoms with Gasteiger partial charge in [-0.2, -0.15) is 0 Å². The number of anilines is 3. The van der Waals surface area contributed by atoms with Gasteiger partial charge in [0.25, 0.3) is 0 Å². The van der Waals surface area contributed by atoms with Crippen LogP contribution >= 0.6 is 22.6 Å². The molecule has 0 radical (unpaired) electrons. The second kappa shape index (κ2) is 4.69. The predicted octanol–water partition coefficient (Wildman–Crippen LogP) is 3.76. The fourth-order valence-electron chi connectivity index (χ4n) is 1.32. The molecule has 0 aliphatic carbocycles. The maximum Gasteiger partial charge on any atom is 0.123 e. The Bertz CT molecular complexity index is 497. The van der Waals surface area contributed by atoms with Crippen LogP contribution < -0.4 is 11.1 Å². The van der Waals surface area contributed by atoms with Crippen molar-refractivity contribution in [3.8, 4) is 0 Å². The minimum atomic E-state index is -0.238. The molecule has 0 aromatic heterocycles. The maximum absolute atomic E-state index is 12.7. The summed E-state index contributed by atoms with van der Waals surface area (Å²) in [4.78, 5) is 0. The van der Waals surface area contributed by atoms with Crippen LogP contribution in [0.15, 0.2) is 42.5 Å². The number of halogens is 2. The van der Waals surface area contributed by atoms with Crippen LogP contribution in [0.4, 0.5) is 21.5 Å². The molecule has 16 heavy (non-hydrogen) atoms. The molecule has 82 valence electrons. The highest BCUT2D eigenvalue weighted by Crippen LogP contribution is 2.24. The molecule has 0 saturated carbocycles. The standard InChI is InChI=1S/C12H10FIN2/c13-8-1-4-10(5-2-8)16-12-6-3-9(15)7-11(12)14/h1-7,16H,15H2. The van der Waals surface area contributed by atoms with Gasteiger partial charge in [0, 0.05) is 14.9 Å². The fourth-order valence-corrected chi connectivity index (χ4v) is 2.00. The molecule has 3 N–H and O–H groups in total. The average molecular weight is 328 g/mol. The number of nitrogens with two attached hydrogens (primary N) is 1. The van der Waals surface area contributed by atoms with Crippen molar-refractivity contribution in [2.45, 2.75) is 0 Å². The highest BCUT2D eigenvalue weighted by atomic mass is 127. The summed E-state index contributed by atoms with van der Waals surface area (Å²) in [6, 6.07) is 11.9. The van der Waals surface area contributed by atoms with Crippen LogP contribution in [0, 0.1) is 9.39 Å². The molecule has 0 heterocycles. The normalized spacial score (nSPS) is 10.1. The van der Waals surface area contributed by atoms with Gasteiger partial charge in [0.2, 0.25) is 0 Å². The lowest BCUT2D eigenvalue weighted by molar-refractivity contribution is 0.628. The van der Waals surface area contributed by atoms with E-state index >= 15 is 0 Å². The Morgan fingerprint density at radius 3 is 2.38 bits per heavy atom. The van der Waals surface area contributed by atoms with E-state index in [0.29, 0.717) is 0 Å². The van der Waals surface area contributed by atoms with Gasteiger partial charge in [0.15, 0.2) is 0 Å². The van der Waals surface area contributed by atoms with Crippen LogP contribution in [0.1, 0.15) is 0 Å². The Morgan fingerprint density at radius 2 is 1.75 bits per heavy atom. The first-order chi connectivity index (χ1) is 7.65. The molecular weight excluding hydrogens is 318 g/mol. The van der Waals surface area contributed by atoms with E-state index in [4.69, 9.17) is 5.73 Å². The Kier molecular flexibility index (Phi) is 3.28. The van der Waals surface area contributed by atoms with Crippen molar-refractivity contribution < 1.29 is 4.39 Å². The maximum atomic E-state index is 12.7. The quantitative estimate of drug-likeness (QED) is 0.651. The molecular formula is C12H10FIN2. The Hall–Kier alpha value is -1.30. The molecule has 0 spiro atoms. The lowest BCUT2D eigenvalue weighted by Crippen LogP contribution is -1.94. The monoisotopic (exact) mass is 328 g/mol. The largest absolute Gasteiger partial charge is 0.399 e. The van der Waals surface area contributed by atoms with Crippen LogP contribution in [-0.2, 0) is 0 Å². The molecule has 4 heteroatoms. The number of nitrogen functional groups attached to an aromatic ring is 1. The van der Waals surface area contributed by atoms with Crippen LogP contribution in [0.25, 0.3) is 0 Å². The summed E-state index contributed by atoms with van der Waals surface area (Å²) in [5.41, 5.74) is 8.20. The summed E-state index contributed by atoms with van der Waals surface area (Å²) >= 11 is 2.20. The molecule has 0 aliphatic heterocycles. The number of hydrogen-bond acceptors (Lipinski definition) is 2. The van der Waals surface area contributed by atoms with Crippen molar-refractivity contribution in [2.24, 2.45) is 0 Å². The first-order valence-electron chi connectivity index (χ1n) is 4.73. The van der Waals surface area contributed by atoms with Gasteiger partial charge in [-0.1, -0.05) is 0 Å². The van der Waals surface area contributed by atoms with Gasteiger partial charge in [-0.3, -0.25) is 0 Å². The molecule has 2 nitrogen and oxygen atoms in total. The molecule has 2 aromatic carbocycles. The molecule has 2 aromatic rings. The van der Waals surface area contributed by atoms with Crippen molar-refractivity contribution in [3.63, 3.8) is 0 Å². The zero-order chi connectivity index (χ0) is 11.5. The topological polar surface area (TPSA) is 38.0 Å². The van der Waals surface area contributed by atoms with E-state index in [2.05, 4.69) is 27.9 Å². The van der Waals surface area contributed by atoms with Crippen molar-refractivity contribution in [1.29, 1.82) is 0 Å². The third-order valence-corrected chi connectivity index (χ3v) is 3.01. The smallest absolute Gasteiger partial charge is 0.123 e. The molecule has 0 bridgehead atoms. The van der Waals surface area contributed by atoms with E-state index in [1.807, 2.05) is 18.2 Å². The van der Waals surface area contributed by atoms with E-state index < -0.39 is 0 Å². The highest BCUT2D eigenvalue weighted by molar-refractivity contribution is 14.1. The summed E-state index contributed by atoms with van der Waals surface area (Å²) < 4.78 is 13.7. The summed E-state index contributed by atoms with van der Waals surface area (Å²) in [5, 5.41) is 3.20. The number of rotatable bonds is 2. The zero-order valence-electron chi connectivity index (χ0n) is 8.37. The first kappa shape index (κ1) is 11.2. The van der Waals surface area contributed by atoms with Crippen molar-refractivity contribution in [1.82, 2.24) is 0 Å². The second-order valence-corrected chi connectivity index (χ2v) is 4.53. The molecule has 2 rings (SSSR count). The Morgan fingerprint density at radius 1 is 1.06 bits per heavy atom. The predicted molar refractivity (Wildman–Crippen MR) is 73.3 cm³/mol.